The maximum atomic E-state index is 13.3. The van der Waals surface area contributed by atoms with Crippen molar-refractivity contribution in [3.63, 3.8) is 0 Å². The van der Waals surface area contributed by atoms with Gasteiger partial charge in [0.25, 0.3) is 0 Å². The third kappa shape index (κ3) is 4.49. The lowest BCUT2D eigenvalue weighted by Crippen LogP contribution is -2.40. The van der Waals surface area contributed by atoms with E-state index in [9.17, 15) is 9.18 Å². The highest BCUT2D eigenvalue weighted by Gasteiger charge is 2.19. The first-order valence-corrected chi connectivity index (χ1v) is 7.07. The fraction of sp³-hybridized carbons (Fsp3) is 0.533. The van der Waals surface area contributed by atoms with Crippen molar-refractivity contribution in [3.8, 4) is 5.75 Å². The van der Waals surface area contributed by atoms with Crippen LogP contribution in [0.4, 0.5) is 4.39 Å². The van der Waals surface area contributed by atoms with Crippen LogP contribution in [0.1, 0.15) is 32.1 Å². The van der Waals surface area contributed by atoms with Gasteiger partial charge in [0.15, 0.2) is 11.6 Å². The van der Waals surface area contributed by atoms with Crippen LogP contribution in [0.25, 0.3) is 0 Å². The zero-order chi connectivity index (χ0) is 14.4. The summed E-state index contributed by atoms with van der Waals surface area (Å²) >= 11 is 0. The highest BCUT2D eigenvalue weighted by molar-refractivity contribution is 5.76. The minimum Gasteiger partial charge on any atom is -0.490 e. The van der Waals surface area contributed by atoms with E-state index in [2.05, 4.69) is 5.32 Å². The summed E-state index contributed by atoms with van der Waals surface area (Å²) in [5, 5.41) is 2.97. The Morgan fingerprint density at radius 3 is 2.70 bits per heavy atom. The van der Waals surface area contributed by atoms with Gasteiger partial charge in [0.1, 0.15) is 0 Å². The van der Waals surface area contributed by atoms with Crippen LogP contribution >= 0.6 is 0 Å². The molecule has 20 heavy (non-hydrogen) atoms. The normalized spacial score (nSPS) is 22.3. The molecule has 1 amide bonds. The van der Waals surface area contributed by atoms with Gasteiger partial charge in [0.2, 0.25) is 5.91 Å². The van der Waals surface area contributed by atoms with Gasteiger partial charge in [-0.05, 0) is 37.8 Å². The number of rotatable bonds is 5. The molecule has 0 aromatic heterocycles. The van der Waals surface area contributed by atoms with Crippen LogP contribution in [0.2, 0.25) is 0 Å². The number of para-hydroxylation sites is 1. The highest BCUT2D eigenvalue weighted by Crippen LogP contribution is 2.17. The Kier molecular flexibility index (Phi) is 5.35. The molecule has 1 aromatic rings. The summed E-state index contributed by atoms with van der Waals surface area (Å²) in [5.41, 5.74) is 5.82. The molecule has 1 aliphatic carbocycles. The Morgan fingerprint density at radius 1 is 1.30 bits per heavy atom. The van der Waals surface area contributed by atoms with Crippen molar-refractivity contribution in [1.82, 2.24) is 5.32 Å². The fourth-order valence-corrected chi connectivity index (χ4v) is 2.38. The van der Waals surface area contributed by atoms with Crippen LogP contribution in [0.3, 0.4) is 0 Å². The molecule has 1 aliphatic rings. The molecule has 4 nitrogen and oxygen atoms in total. The summed E-state index contributed by atoms with van der Waals surface area (Å²) in [6, 6.07) is 6.67. The summed E-state index contributed by atoms with van der Waals surface area (Å²) < 4.78 is 18.5. The van der Waals surface area contributed by atoms with Crippen LogP contribution < -0.4 is 15.8 Å². The molecule has 1 fully saturated rings. The van der Waals surface area contributed by atoms with Crippen molar-refractivity contribution in [1.29, 1.82) is 0 Å². The van der Waals surface area contributed by atoms with Gasteiger partial charge in [-0.25, -0.2) is 4.39 Å². The highest BCUT2D eigenvalue weighted by atomic mass is 19.1. The summed E-state index contributed by atoms with van der Waals surface area (Å²) in [5.74, 6) is -0.278. The second-order valence-electron chi connectivity index (χ2n) is 5.21. The number of nitrogens with one attached hydrogen (secondary N) is 1. The van der Waals surface area contributed by atoms with E-state index in [4.69, 9.17) is 10.5 Å². The first-order valence-electron chi connectivity index (χ1n) is 7.07. The summed E-state index contributed by atoms with van der Waals surface area (Å²) in [6.45, 7) is 0.180. The Hall–Kier alpha value is -1.62. The van der Waals surface area contributed by atoms with Crippen molar-refractivity contribution in [3.05, 3.63) is 30.1 Å². The summed E-state index contributed by atoms with van der Waals surface area (Å²) in [6.07, 6.45) is 4.01. The molecule has 0 atom stereocenters. The van der Waals surface area contributed by atoms with Gasteiger partial charge in [0, 0.05) is 12.1 Å². The lowest BCUT2D eigenvalue weighted by Gasteiger charge is -2.26. The maximum Gasteiger partial charge on any atom is 0.223 e. The van der Waals surface area contributed by atoms with E-state index in [0.29, 0.717) is 0 Å². The quantitative estimate of drug-likeness (QED) is 0.867. The molecule has 1 saturated carbocycles. The molecule has 0 unspecified atom stereocenters. The van der Waals surface area contributed by atoms with Crippen LogP contribution in [0.15, 0.2) is 24.3 Å². The lowest BCUT2D eigenvalue weighted by atomic mass is 9.92. The minimum absolute atomic E-state index is 0.0539. The Balaban J connectivity index is 1.67. The van der Waals surface area contributed by atoms with E-state index < -0.39 is 5.82 Å². The first-order chi connectivity index (χ1) is 9.65. The zero-order valence-electron chi connectivity index (χ0n) is 11.5. The lowest BCUT2D eigenvalue weighted by molar-refractivity contribution is -0.122. The monoisotopic (exact) mass is 280 g/mol. The zero-order valence-corrected chi connectivity index (χ0v) is 11.5. The predicted molar refractivity (Wildman–Crippen MR) is 74.9 cm³/mol. The van der Waals surface area contributed by atoms with E-state index >= 15 is 0 Å². The Morgan fingerprint density at radius 2 is 2.00 bits per heavy atom. The second-order valence-corrected chi connectivity index (χ2v) is 5.21. The van der Waals surface area contributed by atoms with Crippen LogP contribution in [0.5, 0.6) is 5.75 Å². The van der Waals surface area contributed by atoms with Crippen molar-refractivity contribution in [2.75, 3.05) is 6.61 Å². The number of carbonyl (C=O) groups excluding carboxylic acids is 1. The van der Waals surface area contributed by atoms with Crippen molar-refractivity contribution >= 4 is 5.91 Å². The van der Waals surface area contributed by atoms with E-state index in [1.807, 2.05) is 0 Å². The number of halogens is 1. The molecular formula is C15H21FN2O2. The van der Waals surface area contributed by atoms with E-state index in [-0.39, 0.29) is 36.8 Å². The molecule has 5 heteroatoms. The smallest absolute Gasteiger partial charge is 0.223 e. The number of hydrogen-bond acceptors (Lipinski definition) is 3. The number of carbonyl (C=O) groups is 1. The number of ether oxygens (including phenoxy) is 1. The number of nitrogens with two attached hydrogens (primary N) is 1. The van der Waals surface area contributed by atoms with Crippen LogP contribution in [0, 0.1) is 5.82 Å². The molecule has 110 valence electrons. The summed E-state index contributed by atoms with van der Waals surface area (Å²) in [4.78, 5) is 11.8. The second kappa shape index (κ2) is 7.24. The molecule has 1 aromatic carbocycles. The van der Waals surface area contributed by atoms with Gasteiger partial charge in [0.05, 0.1) is 13.0 Å². The molecule has 0 aliphatic heterocycles. The Bertz CT molecular complexity index is 445. The van der Waals surface area contributed by atoms with E-state index in [1.54, 1.807) is 18.2 Å². The van der Waals surface area contributed by atoms with E-state index in [1.165, 1.54) is 6.07 Å². The minimum atomic E-state index is -0.408. The van der Waals surface area contributed by atoms with E-state index in [0.717, 1.165) is 25.7 Å². The average Bonchev–Trinajstić information content (AvgIpc) is 2.43. The number of hydrogen-bond donors (Lipinski definition) is 2. The fourth-order valence-electron chi connectivity index (χ4n) is 2.38. The van der Waals surface area contributed by atoms with Crippen molar-refractivity contribution in [2.45, 2.75) is 44.2 Å². The molecule has 2 rings (SSSR count). The SMILES string of the molecule is NC1CCC(NC(=O)CCOc2ccccc2F)CC1. The maximum absolute atomic E-state index is 13.3. The van der Waals surface area contributed by atoms with Crippen molar-refractivity contribution < 1.29 is 13.9 Å². The topological polar surface area (TPSA) is 64.3 Å². The third-order valence-corrected chi connectivity index (χ3v) is 3.56. The molecule has 0 spiro atoms. The van der Waals surface area contributed by atoms with Crippen molar-refractivity contribution in [2.24, 2.45) is 5.73 Å². The van der Waals surface area contributed by atoms with Gasteiger partial charge >= 0.3 is 0 Å². The predicted octanol–water partition coefficient (Wildman–Crippen LogP) is 1.98. The molecular weight excluding hydrogens is 259 g/mol. The molecule has 0 bridgehead atoms. The van der Waals surface area contributed by atoms with Gasteiger partial charge in [-0.15, -0.1) is 0 Å². The standard InChI is InChI=1S/C15H21FN2O2/c16-13-3-1-2-4-14(13)20-10-9-15(19)18-12-7-5-11(17)6-8-12/h1-4,11-12H,5-10,17H2,(H,18,19). The molecule has 0 heterocycles. The molecule has 3 N–H and O–H groups in total. The largest absolute Gasteiger partial charge is 0.490 e. The van der Waals surface area contributed by atoms with Gasteiger partial charge in [-0.2, -0.15) is 0 Å². The van der Waals surface area contributed by atoms with Gasteiger partial charge in [-0.1, -0.05) is 12.1 Å². The van der Waals surface area contributed by atoms with Crippen LogP contribution in [-0.2, 0) is 4.79 Å². The third-order valence-electron chi connectivity index (χ3n) is 3.56. The summed E-state index contributed by atoms with van der Waals surface area (Å²) in [7, 11) is 0. The molecule has 0 radical (unpaired) electrons. The number of amides is 1. The molecule has 0 saturated heterocycles. The van der Waals surface area contributed by atoms with Crippen LogP contribution in [-0.4, -0.2) is 24.6 Å². The number of benzene rings is 1. The van der Waals surface area contributed by atoms with Gasteiger partial charge < -0.3 is 15.8 Å². The van der Waals surface area contributed by atoms with Gasteiger partial charge in [-0.3, -0.25) is 4.79 Å². The Labute approximate surface area is 118 Å². The average molecular weight is 280 g/mol. The first kappa shape index (κ1) is 14.8.